The van der Waals surface area contributed by atoms with Crippen molar-refractivity contribution in [2.45, 2.75) is 18.1 Å². The van der Waals surface area contributed by atoms with Gasteiger partial charge in [0.25, 0.3) is 0 Å². The van der Waals surface area contributed by atoms with Crippen molar-refractivity contribution in [2.75, 3.05) is 34.7 Å². The van der Waals surface area contributed by atoms with E-state index in [4.69, 9.17) is 23.7 Å². The van der Waals surface area contributed by atoms with E-state index >= 15 is 0 Å². The topological polar surface area (TPSA) is 75.2 Å². The number of methoxy groups -OCH3 is 3. The molecule has 3 aliphatic rings. The lowest BCUT2D eigenvalue weighted by Crippen LogP contribution is -2.43. The SMILES string of the molecule is COc1ccc2c(c1OC)[C@H]1NCCc3cc4c(cc3[C@@]1(OC)C2=O)OCO4. The van der Waals surface area contributed by atoms with Crippen molar-refractivity contribution in [2.24, 2.45) is 0 Å². The lowest BCUT2D eigenvalue weighted by Gasteiger charge is -2.33. The van der Waals surface area contributed by atoms with Gasteiger partial charge >= 0.3 is 0 Å². The fourth-order valence-electron chi connectivity index (χ4n) is 4.70. The highest BCUT2D eigenvalue weighted by atomic mass is 16.7. The van der Waals surface area contributed by atoms with Gasteiger partial charge in [-0.05, 0) is 42.8 Å². The third kappa shape index (κ3) is 2.03. The number of fused-ring (bicyclic) bond motifs is 6. The van der Waals surface area contributed by atoms with Gasteiger partial charge in [0.2, 0.25) is 12.6 Å². The number of hydrogen-bond acceptors (Lipinski definition) is 7. The van der Waals surface area contributed by atoms with E-state index < -0.39 is 11.6 Å². The first-order chi connectivity index (χ1) is 13.7. The number of hydrogen-bond donors (Lipinski definition) is 1. The molecule has 2 aliphatic heterocycles. The van der Waals surface area contributed by atoms with E-state index in [0.29, 0.717) is 35.1 Å². The van der Waals surface area contributed by atoms with Crippen LogP contribution < -0.4 is 24.3 Å². The van der Waals surface area contributed by atoms with Crippen LogP contribution in [0.3, 0.4) is 0 Å². The second kappa shape index (κ2) is 6.12. The van der Waals surface area contributed by atoms with Crippen LogP contribution in [0.2, 0.25) is 0 Å². The van der Waals surface area contributed by atoms with Crippen LogP contribution in [0.25, 0.3) is 0 Å². The number of carbonyl (C=O) groups is 1. The summed E-state index contributed by atoms with van der Waals surface area (Å²) in [7, 11) is 4.74. The highest BCUT2D eigenvalue weighted by molar-refractivity contribution is 6.09. The third-order valence-corrected chi connectivity index (χ3v) is 5.92. The number of Topliss-reactive ketones (excluding diaryl/α,β-unsaturated/α-hetero) is 1. The number of benzene rings is 2. The van der Waals surface area contributed by atoms with E-state index in [2.05, 4.69) is 5.32 Å². The minimum absolute atomic E-state index is 0.106. The molecule has 5 rings (SSSR count). The maximum absolute atomic E-state index is 13.7. The van der Waals surface area contributed by atoms with Crippen molar-refractivity contribution in [3.8, 4) is 23.0 Å². The molecular formula is C21H21NO6. The first-order valence-corrected chi connectivity index (χ1v) is 9.17. The quantitative estimate of drug-likeness (QED) is 0.872. The molecule has 0 radical (unpaired) electrons. The normalized spacial score (nSPS) is 24.2. The van der Waals surface area contributed by atoms with Crippen LogP contribution in [0.15, 0.2) is 24.3 Å². The summed E-state index contributed by atoms with van der Waals surface area (Å²) in [4.78, 5) is 13.7. The molecule has 0 aromatic heterocycles. The molecule has 0 saturated heterocycles. The molecule has 2 aromatic rings. The lowest BCUT2D eigenvalue weighted by atomic mass is 9.83. The summed E-state index contributed by atoms with van der Waals surface area (Å²) in [6.07, 6.45) is 0.739. The molecule has 0 fully saturated rings. The van der Waals surface area contributed by atoms with Crippen LogP contribution in [-0.4, -0.2) is 40.5 Å². The Bertz CT molecular complexity index is 987. The largest absolute Gasteiger partial charge is 0.493 e. The summed E-state index contributed by atoms with van der Waals surface area (Å²) < 4.78 is 28.3. The first kappa shape index (κ1) is 17.3. The number of carbonyl (C=O) groups excluding carboxylic acids is 1. The van der Waals surface area contributed by atoms with E-state index in [0.717, 1.165) is 23.1 Å². The zero-order chi connectivity index (χ0) is 19.5. The van der Waals surface area contributed by atoms with Crippen LogP contribution in [0.5, 0.6) is 23.0 Å². The van der Waals surface area contributed by atoms with Gasteiger partial charge in [0, 0.05) is 23.8 Å². The van der Waals surface area contributed by atoms with E-state index in [1.807, 2.05) is 12.1 Å². The minimum Gasteiger partial charge on any atom is -0.493 e. The number of ether oxygens (including phenoxy) is 5. The Labute approximate surface area is 162 Å². The molecule has 0 amide bonds. The second-order valence-corrected chi connectivity index (χ2v) is 7.03. The maximum Gasteiger partial charge on any atom is 0.231 e. The van der Waals surface area contributed by atoms with Gasteiger partial charge in [-0.25, -0.2) is 0 Å². The molecule has 2 aromatic carbocycles. The molecule has 2 heterocycles. The highest BCUT2D eigenvalue weighted by Crippen LogP contribution is 2.56. The molecule has 0 saturated carbocycles. The van der Waals surface area contributed by atoms with E-state index in [1.165, 1.54) is 0 Å². The summed E-state index contributed by atoms with van der Waals surface area (Å²) in [5, 5.41) is 3.51. The highest BCUT2D eigenvalue weighted by Gasteiger charge is 2.58. The average Bonchev–Trinajstić information content (AvgIpc) is 3.22. The Hall–Kier alpha value is -2.77. The molecule has 7 nitrogen and oxygen atoms in total. The molecule has 146 valence electrons. The molecule has 28 heavy (non-hydrogen) atoms. The van der Waals surface area contributed by atoms with Crippen molar-refractivity contribution in [1.82, 2.24) is 5.32 Å². The first-order valence-electron chi connectivity index (χ1n) is 9.17. The molecule has 0 spiro atoms. The molecule has 1 N–H and O–H groups in total. The van der Waals surface area contributed by atoms with Crippen LogP contribution in [0.1, 0.15) is 33.1 Å². The number of ketones is 1. The smallest absolute Gasteiger partial charge is 0.231 e. The summed E-state index contributed by atoms with van der Waals surface area (Å²) in [6.45, 7) is 0.856. The minimum atomic E-state index is -1.21. The van der Waals surface area contributed by atoms with Crippen LogP contribution in [0.4, 0.5) is 0 Å². The summed E-state index contributed by atoms with van der Waals surface area (Å²) in [6, 6.07) is 6.96. The molecule has 7 heteroatoms. The van der Waals surface area contributed by atoms with Crippen molar-refractivity contribution in [3.63, 3.8) is 0 Å². The Kier molecular flexibility index (Phi) is 3.79. The predicted octanol–water partition coefficient (Wildman–Crippen LogP) is 2.36. The summed E-state index contributed by atoms with van der Waals surface area (Å²) in [5.74, 6) is 2.35. The standard InChI is InChI=1S/C21H21NO6/c1-24-14-5-4-12-17(18(14)25-2)19-21(26-3,20(12)23)13-9-16-15(27-10-28-16)8-11(13)6-7-22-19/h4-5,8-9,19,22H,6-7,10H2,1-3H3/t19-,21+/m1/s1. The molecule has 0 unspecified atom stereocenters. The predicted molar refractivity (Wildman–Crippen MR) is 99.6 cm³/mol. The van der Waals surface area contributed by atoms with Crippen molar-refractivity contribution in [3.05, 3.63) is 46.5 Å². The average molecular weight is 383 g/mol. The molecule has 0 bridgehead atoms. The van der Waals surface area contributed by atoms with Gasteiger partial charge in [0.15, 0.2) is 28.6 Å². The lowest BCUT2D eigenvalue weighted by molar-refractivity contribution is -0.0179. The Balaban J connectivity index is 1.79. The third-order valence-electron chi connectivity index (χ3n) is 5.92. The van der Waals surface area contributed by atoms with Gasteiger partial charge in [0.05, 0.1) is 20.3 Å². The van der Waals surface area contributed by atoms with Gasteiger partial charge in [-0.2, -0.15) is 0 Å². The van der Waals surface area contributed by atoms with Crippen LogP contribution in [0, 0.1) is 0 Å². The summed E-state index contributed by atoms with van der Waals surface area (Å²) in [5.41, 5.74) is 1.93. The van der Waals surface area contributed by atoms with E-state index in [-0.39, 0.29) is 12.6 Å². The Morgan fingerprint density at radius 3 is 2.61 bits per heavy atom. The van der Waals surface area contributed by atoms with Gasteiger partial charge in [-0.15, -0.1) is 0 Å². The van der Waals surface area contributed by atoms with Crippen LogP contribution in [-0.2, 0) is 16.8 Å². The fraction of sp³-hybridized carbons (Fsp3) is 0.381. The Morgan fingerprint density at radius 1 is 1.11 bits per heavy atom. The number of nitrogens with one attached hydrogen (secondary N) is 1. The fourth-order valence-corrected chi connectivity index (χ4v) is 4.70. The van der Waals surface area contributed by atoms with Crippen molar-refractivity contribution < 1.29 is 28.5 Å². The molecular weight excluding hydrogens is 362 g/mol. The van der Waals surface area contributed by atoms with E-state index in [1.54, 1.807) is 33.5 Å². The van der Waals surface area contributed by atoms with E-state index in [9.17, 15) is 4.79 Å². The monoisotopic (exact) mass is 383 g/mol. The zero-order valence-corrected chi connectivity index (χ0v) is 16.0. The van der Waals surface area contributed by atoms with Gasteiger partial charge in [-0.1, -0.05) is 0 Å². The maximum atomic E-state index is 13.7. The second-order valence-electron chi connectivity index (χ2n) is 7.03. The Morgan fingerprint density at radius 2 is 1.89 bits per heavy atom. The van der Waals surface area contributed by atoms with Gasteiger partial charge < -0.3 is 29.0 Å². The van der Waals surface area contributed by atoms with Crippen molar-refractivity contribution >= 4 is 5.78 Å². The zero-order valence-electron chi connectivity index (χ0n) is 16.0. The molecule has 2 atom stereocenters. The van der Waals surface area contributed by atoms with Gasteiger partial charge in [0.1, 0.15) is 0 Å². The van der Waals surface area contributed by atoms with Crippen molar-refractivity contribution in [1.29, 1.82) is 0 Å². The number of rotatable bonds is 3. The van der Waals surface area contributed by atoms with Crippen LogP contribution >= 0.6 is 0 Å². The summed E-state index contributed by atoms with van der Waals surface area (Å²) >= 11 is 0. The molecule has 1 aliphatic carbocycles. The van der Waals surface area contributed by atoms with Gasteiger partial charge in [-0.3, -0.25) is 4.79 Å².